The SMILES string of the molecule is [C-]#[N+]c1ccccc1/C=C\COC(C)=O. The molecule has 0 aliphatic carbocycles. The van der Waals surface area contributed by atoms with E-state index < -0.39 is 0 Å². The molecule has 76 valence electrons. The molecule has 0 aromatic heterocycles. The van der Waals surface area contributed by atoms with Gasteiger partial charge in [-0.2, -0.15) is 0 Å². The number of carbonyl (C=O) groups is 1. The van der Waals surface area contributed by atoms with E-state index in [2.05, 4.69) is 4.85 Å². The Kier molecular flexibility index (Phi) is 4.11. The molecule has 3 heteroatoms. The van der Waals surface area contributed by atoms with Crippen LogP contribution >= 0.6 is 0 Å². The van der Waals surface area contributed by atoms with Crippen molar-refractivity contribution < 1.29 is 9.53 Å². The molecular weight excluding hydrogens is 190 g/mol. The Hall–Kier alpha value is -2.08. The molecule has 0 saturated carbocycles. The van der Waals surface area contributed by atoms with Gasteiger partial charge in [-0.25, -0.2) is 4.85 Å². The zero-order valence-corrected chi connectivity index (χ0v) is 8.43. The van der Waals surface area contributed by atoms with Crippen molar-refractivity contribution >= 4 is 17.7 Å². The average molecular weight is 201 g/mol. The number of rotatable bonds is 3. The second kappa shape index (κ2) is 5.61. The van der Waals surface area contributed by atoms with Crippen molar-refractivity contribution in [3.05, 3.63) is 47.3 Å². The summed E-state index contributed by atoms with van der Waals surface area (Å²) in [5.74, 6) is -0.307. The lowest BCUT2D eigenvalue weighted by molar-refractivity contribution is -0.139. The van der Waals surface area contributed by atoms with Gasteiger partial charge in [0, 0.05) is 6.92 Å². The molecule has 0 N–H and O–H groups in total. The fraction of sp³-hybridized carbons (Fsp3) is 0.167. The number of para-hydroxylation sites is 1. The minimum atomic E-state index is -0.307. The van der Waals surface area contributed by atoms with Crippen LogP contribution < -0.4 is 0 Å². The van der Waals surface area contributed by atoms with Gasteiger partial charge in [0.05, 0.1) is 6.57 Å². The summed E-state index contributed by atoms with van der Waals surface area (Å²) in [6.07, 6.45) is 3.49. The topological polar surface area (TPSA) is 30.7 Å². The highest BCUT2D eigenvalue weighted by atomic mass is 16.5. The van der Waals surface area contributed by atoms with E-state index in [0.29, 0.717) is 5.69 Å². The van der Waals surface area contributed by atoms with Crippen molar-refractivity contribution in [1.29, 1.82) is 0 Å². The standard InChI is InChI=1S/C12H11NO2/c1-10(14)15-9-5-7-11-6-3-4-8-12(11)13-2/h3-8H,9H2,1H3/b7-5-. The number of ether oxygens (including phenoxy) is 1. The van der Waals surface area contributed by atoms with Crippen LogP contribution in [0.4, 0.5) is 5.69 Å². The van der Waals surface area contributed by atoms with E-state index in [1.807, 2.05) is 18.2 Å². The van der Waals surface area contributed by atoms with Crippen molar-refractivity contribution in [3.63, 3.8) is 0 Å². The summed E-state index contributed by atoms with van der Waals surface area (Å²) >= 11 is 0. The van der Waals surface area contributed by atoms with E-state index in [4.69, 9.17) is 11.3 Å². The number of hydrogen-bond acceptors (Lipinski definition) is 2. The minimum absolute atomic E-state index is 0.238. The summed E-state index contributed by atoms with van der Waals surface area (Å²) in [4.78, 5) is 13.8. The van der Waals surface area contributed by atoms with Gasteiger partial charge in [0.25, 0.3) is 0 Å². The van der Waals surface area contributed by atoms with Crippen LogP contribution in [0, 0.1) is 6.57 Å². The Bertz CT molecular complexity index is 416. The van der Waals surface area contributed by atoms with Crippen LogP contribution in [-0.4, -0.2) is 12.6 Å². The van der Waals surface area contributed by atoms with E-state index in [9.17, 15) is 4.79 Å². The van der Waals surface area contributed by atoms with Gasteiger partial charge in [-0.3, -0.25) is 4.79 Å². The van der Waals surface area contributed by atoms with E-state index >= 15 is 0 Å². The van der Waals surface area contributed by atoms with E-state index in [-0.39, 0.29) is 12.6 Å². The highest BCUT2D eigenvalue weighted by molar-refractivity contribution is 5.68. The fourth-order valence-corrected chi connectivity index (χ4v) is 1.07. The Morgan fingerprint density at radius 1 is 1.53 bits per heavy atom. The predicted octanol–water partition coefficient (Wildman–Crippen LogP) is 2.81. The molecule has 1 rings (SSSR count). The maximum atomic E-state index is 10.5. The lowest BCUT2D eigenvalue weighted by Crippen LogP contribution is -1.97. The van der Waals surface area contributed by atoms with Gasteiger partial charge in [-0.15, -0.1) is 0 Å². The third-order valence-electron chi connectivity index (χ3n) is 1.74. The molecule has 0 heterocycles. The monoisotopic (exact) mass is 201 g/mol. The molecule has 0 atom stereocenters. The molecule has 0 amide bonds. The Morgan fingerprint density at radius 2 is 2.27 bits per heavy atom. The maximum absolute atomic E-state index is 10.5. The van der Waals surface area contributed by atoms with Gasteiger partial charge in [-0.05, 0) is 11.6 Å². The molecule has 0 bridgehead atoms. The molecule has 0 spiro atoms. The van der Waals surface area contributed by atoms with Gasteiger partial charge >= 0.3 is 5.97 Å². The largest absolute Gasteiger partial charge is 0.462 e. The van der Waals surface area contributed by atoms with Crippen LogP contribution in [0.25, 0.3) is 10.9 Å². The van der Waals surface area contributed by atoms with Gasteiger partial charge < -0.3 is 4.74 Å². The lowest BCUT2D eigenvalue weighted by atomic mass is 10.2. The zero-order chi connectivity index (χ0) is 11.1. The fourth-order valence-electron chi connectivity index (χ4n) is 1.07. The molecule has 3 nitrogen and oxygen atoms in total. The smallest absolute Gasteiger partial charge is 0.302 e. The summed E-state index contributed by atoms with van der Waals surface area (Å²) in [5, 5.41) is 0. The Morgan fingerprint density at radius 3 is 2.93 bits per heavy atom. The van der Waals surface area contributed by atoms with Gasteiger partial charge in [0.2, 0.25) is 0 Å². The van der Waals surface area contributed by atoms with Crippen molar-refractivity contribution in [2.75, 3.05) is 6.61 Å². The molecule has 0 aliphatic heterocycles. The molecular formula is C12H11NO2. The van der Waals surface area contributed by atoms with E-state index in [1.54, 1.807) is 18.2 Å². The molecule has 0 saturated heterocycles. The molecule has 1 aromatic carbocycles. The van der Waals surface area contributed by atoms with Gasteiger partial charge in [-0.1, -0.05) is 30.3 Å². The molecule has 0 fully saturated rings. The second-order valence-corrected chi connectivity index (χ2v) is 2.88. The second-order valence-electron chi connectivity index (χ2n) is 2.88. The van der Waals surface area contributed by atoms with Crippen LogP contribution in [-0.2, 0) is 9.53 Å². The first-order valence-electron chi connectivity index (χ1n) is 4.50. The normalized spacial score (nSPS) is 9.87. The highest BCUT2D eigenvalue weighted by Gasteiger charge is 1.95. The van der Waals surface area contributed by atoms with Gasteiger partial charge in [0.1, 0.15) is 6.61 Å². The quantitative estimate of drug-likeness (QED) is 0.556. The van der Waals surface area contributed by atoms with Crippen LogP contribution in [0.15, 0.2) is 30.3 Å². The van der Waals surface area contributed by atoms with E-state index in [0.717, 1.165) is 5.56 Å². The Labute approximate surface area is 88.8 Å². The average Bonchev–Trinajstić information content (AvgIpc) is 2.24. The third-order valence-corrected chi connectivity index (χ3v) is 1.74. The molecule has 15 heavy (non-hydrogen) atoms. The predicted molar refractivity (Wildman–Crippen MR) is 58.4 cm³/mol. The molecule has 1 aromatic rings. The number of carbonyl (C=O) groups excluding carboxylic acids is 1. The number of nitrogens with zero attached hydrogens (tertiary/aromatic N) is 1. The first-order chi connectivity index (χ1) is 7.24. The van der Waals surface area contributed by atoms with Crippen LogP contribution in [0.2, 0.25) is 0 Å². The number of hydrogen-bond donors (Lipinski definition) is 0. The Balaban J connectivity index is 2.64. The summed E-state index contributed by atoms with van der Waals surface area (Å²) in [7, 11) is 0. The maximum Gasteiger partial charge on any atom is 0.302 e. The number of benzene rings is 1. The van der Waals surface area contributed by atoms with Crippen molar-refractivity contribution in [3.8, 4) is 0 Å². The highest BCUT2D eigenvalue weighted by Crippen LogP contribution is 2.19. The van der Waals surface area contributed by atoms with Crippen molar-refractivity contribution in [2.24, 2.45) is 0 Å². The van der Waals surface area contributed by atoms with E-state index in [1.165, 1.54) is 6.92 Å². The lowest BCUT2D eigenvalue weighted by Gasteiger charge is -1.97. The summed E-state index contributed by atoms with van der Waals surface area (Å²) in [6, 6.07) is 7.27. The summed E-state index contributed by atoms with van der Waals surface area (Å²) in [5.41, 5.74) is 1.43. The van der Waals surface area contributed by atoms with Crippen molar-refractivity contribution in [1.82, 2.24) is 0 Å². The van der Waals surface area contributed by atoms with Crippen LogP contribution in [0.1, 0.15) is 12.5 Å². The van der Waals surface area contributed by atoms with Crippen molar-refractivity contribution in [2.45, 2.75) is 6.92 Å². The summed E-state index contributed by atoms with van der Waals surface area (Å²) < 4.78 is 4.73. The van der Waals surface area contributed by atoms with Crippen LogP contribution in [0.5, 0.6) is 0 Å². The minimum Gasteiger partial charge on any atom is -0.462 e. The summed E-state index contributed by atoms with van der Waals surface area (Å²) in [6.45, 7) is 8.54. The zero-order valence-electron chi connectivity index (χ0n) is 8.43. The molecule has 0 radical (unpaired) electrons. The number of esters is 1. The van der Waals surface area contributed by atoms with Gasteiger partial charge in [0.15, 0.2) is 5.69 Å². The first-order valence-corrected chi connectivity index (χ1v) is 4.50. The third kappa shape index (κ3) is 3.65. The molecule has 0 aliphatic rings. The first kappa shape index (κ1) is 11.0. The van der Waals surface area contributed by atoms with Crippen LogP contribution in [0.3, 0.4) is 0 Å². The molecule has 0 unspecified atom stereocenters.